The lowest BCUT2D eigenvalue weighted by molar-refractivity contribution is 0.102. The molecule has 0 bridgehead atoms. The summed E-state index contributed by atoms with van der Waals surface area (Å²) in [4.78, 5) is 0. The number of ether oxygens (including phenoxy) is 1. The van der Waals surface area contributed by atoms with Crippen molar-refractivity contribution in [2.24, 2.45) is 0 Å². The van der Waals surface area contributed by atoms with Crippen LogP contribution in [-0.2, 0) is 15.6 Å². The van der Waals surface area contributed by atoms with E-state index in [2.05, 4.69) is 0 Å². The lowest BCUT2D eigenvalue weighted by atomic mass is 10.00. The minimum Gasteiger partial charge on any atom is -0.378 e. The third-order valence-corrected chi connectivity index (χ3v) is 11.8. The van der Waals surface area contributed by atoms with Gasteiger partial charge in [0.05, 0.1) is 6.10 Å². The van der Waals surface area contributed by atoms with Gasteiger partial charge in [0.2, 0.25) is 0 Å². The molecule has 1 aliphatic heterocycles. The van der Waals surface area contributed by atoms with E-state index in [1.807, 2.05) is 0 Å². The highest BCUT2D eigenvalue weighted by Crippen LogP contribution is 2.34. The molecule has 0 N–H and O–H groups in total. The molecule has 1 saturated heterocycles. The second kappa shape index (κ2) is 16.9. The maximum atomic E-state index is 5.73. The monoisotopic (exact) mass is 451 g/mol. The van der Waals surface area contributed by atoms with Crippen LogP contribution in [0.4, 0.5) is 0 Å². The van der Waals surface area contributed by atoms with Gasteiger partial charge in [-0.25, -0.2) is 0 Å². The van der Waals surface area contributed by atoms with E-state index < -0.39 is 0 Å². The molecule has 3 fully saturated rings. The van der Waals surface area contributed by atoms with Crippen LogP contribution < -0.4 is 0 Å². The van der Waals surface area contributed by atoms with Crippen LogP contribution in [0.2, 0.25) is 0 Å². The molecule has 0 aromatic rings. The topological polar surface area (TPSA) is 9.23 Å². The maximum absolute atomic E-state index is 5.73. The van der Waals surface area contributed by atoms with E-state index in [4.69, 9.17) is 4.74 Å². The molecule has 2 aliphatic carbocycles. The van der Waals surface area contributed by atoms with Crippen LogP contribution in [0.3, 0.4) is 0 Å². The summed E-state index contributed by atoms with van der Waals surface area (Å²) in [7, 11) is 0.779. The standard InChI is InChI=1S/C29H55OS/c1(2-4-6-8-12-19-27-20-18-25-30-27)3-5-7-9-17-26-31(28-21-13-10-14-22-28)29-23-15-11-16-24-29/h27-29H,1-26H2/q+1. The maximum Gasteiger partial charge on any atom is 0.118 e. The molecular weight excluding hydrogens is 396 g/mol. The minimum atomic E-state index is 0.612. The molecule has 1 unspecified atom stereocenters. The van der Waals surface area contributed by atoms with Crippen molar-refractivity contribution < 1.29 is 4.74 Å². The largest absolute Gasteiger partial charge is 0.378 e. The first-order valence-corrected chi connectivity index (χ1v) is 16.3. The third kappa shape index (κ3) is 10.9. The molecule has 0 aromatic heterocycles. The van der Waals surface area contributed by atoms with Gasteiger partial charge in [-0.3, -0.25) is 0 Å². The van der Waals surface area contributed by atoms with Crippen molar-refractivity contribution in [3.63, 3.8) is 0 Å². The van der Waals surface area contributed by atoms with E-state index in [1.54, 1.807) is 37.9 Å². The van der Waals surface area contributed by atoms with Crippen LogP contribution in [0.15, 0.2) is 0 Å². The first kappa shape index (κ1) is 25.9. The Morgan fingerprint density at radius 1 is 0.484 bits per heavy atom. The molecule has 0 radical (unpaired) electrons. The first-order chi connectivity index (χ1) is 15.4. The van der Waals surface area contributed by atoms with Crippen molar-refractivity contribution in [3.05, 3.63) is 0 Å². The third-order valence-electron chi connectivity index (χ3n) is 8.39. The fraction of sp³-hybridized carbons (Fsp3) is 1.00. The molecule has 0 amide bonds. The SMILES string of the molecule is C(CCCCCCC1CCCO1)CCCCCC[S+](C1CCCCC1)C1CCCCC1. The van der Waals surface area contributed by atoms with Gasteiger partial charge < -0.3 is 4.74 Å². The predicted molar refractivity (Wildman–Crippen MR) is 140 cm³/mol. The molecule has 1 nitrogen and oxygen atoms in total. The van der Waals surface area contributed by atoms with E-state index in [-0.39, 0.29) is 0 Å². The molecule has 2 saturated carbocycles. The van der Waals surface area contributed by atoms with Gasteiger partial charge in [0.25, 0.3) is 0 Å². The van der Waals surface area contributed by atoms with E-state index in [0.717, 1.165) is 28.0 Å². The van der Waals surface area contributed by atoms with Crippen molar-refractivity contribution >= 4 is 10.9 Å². The van der Waals surface area contributed by atoms with Crippen LogP contribution in [-0.4, -0.2) is 29.0 Å². The quantitative estimate of drug-likeness (QED) is 0.168. The van der Waals surface area contributed by atoms with E-state index in [0.29, 0.717) is 6.10 Å². The summed E-state index contributed by atoms with van der Waals surface area (Å²) in [6.07, 6.45) is 36.3. The summed E-state index contributed by atoms with van der Waals surface area (Å²) in [6, 6.07) is 0. The molecule has 1 heterocycles. The van der Waals surface area contributed by atoms with Gasteiger partial charge in [-0.15, -0.1) is 0 Å². The Morgan fingerprint density at radius 3 is 1.45 bits per heavy atom. The summed E-state index contributed by atoms with van der Waals surface area (Å²) >= 11 is 0. The van der Waals surface area contributed by atoms with Crippen molar-refractivity contribution in [2.45, 2.75) is 171 Å². The number of hydrogen-bond donors (Lipinski definition) is 0. The highest BCUT2D eigenvalue weighted by molar-refractivity contribution is 7.98. The summed E-state index contributed by atoms with van der Waals surface area (Å²) in [5, 5.41) is 2.25. The number of unbranched alkanes of at least 4 members (excludes halogenated alkanes) is 10. The van der Waals surface area contributed by atoms with Gasteiger partial charge in [-0.1, -0.05) is 70.6 Å². The van der Waals surface area contributed by atoms with Gasteiger partial charge in [-0.05, 0) is 94.4 Å². The van der Waals surface area contributed by atoms with Gasteiger partial charge >= 0.3 is 0 Å². The average Bonchev–Trinajstić information content (AvgIpc) is 3.34. The summed E-state index contributed by atoms with van der Waals surface area (Å²) < 4.78 is 5.73. The molecule has 2 heteroatoms. The highest BCUT2D eigenvalue weighted by atomic mass is 32.2. The van der Waals surface area contributed by atoms with Crippen LogP contribution in [0.5, 0.6) is 0 Å². The molecule has 0 spiro atoms. The van der Waals surface area contributed by atoms with Crippen molar-refractivity contribution in [1.29, 1.82) is 0 Å². The van der Waals surface area contributed by atoms with Gasteiger partial charge in [-0.2, -0.15) is 0 Å². The zero-order valence-corrected chi connectivity index (χ0v) is 21.7. The fourth-order valence-corrected chi connectivity index (χ4v) is 10.1. The van der Waals surface area contributed by atoms with E-state index in [1.165, 1.54) is 122 Å². The molecule has 1 atom stereocenters. The lowest BCUT2D eigenvalue weighted by Crippen LogP contribution is -2.37. The Morgan fingerprint density at radius 2 is 0.968 bits per heavy atom. The Bertz CT molecular complexity index is 389. The van der Waals surface area contributed by atoms with Crippen molar-refractivity contribution in [2.75, 3.05) is 12.4 Å². The lowest BCUT2D eigenvalue weighted by Gasteiger charge is -2.30. The number of rotatable bonds is 16. The molecule has 3 aliphatic rings. The molecule has 3 rings (SSSR count). The van der Waals surface area contributed by atoms with Crippen LogP contribution in [0.1, 0.15) is 154 Å². The Balaban J connectivity index is 1.13. The second-order valence-electron chi connectivity index (χ2n) is 11.0. The van der Waals surface area contributed by atoms with Crippen LogP contribution >= 0.6 is 0 Å². The molecule has 31 heavy (non-hydrogen) atoms. The highest BCUT2D eigenvalue weighted by Gasteiger charge is 2.38. The summed E-state index contributed by atoms with van der Waals surface area (Å²) in [6.45, 7) is 1.02. The zero-order valence-electron chi connectivity index (χ0n) is 20.9. The fourth-order valence-electron chi connectivity index (χ4n) is 6.44. The Kier molecular flexibility index (Phi) is 14.1. The zero-order chi connectivity index (χ0) is 21.4. The predicted octanol–water partition coefficient (Wildman–Crippen LogP) is 9.13. The normalized spacial score (nSPS) is 23.7. The Hall–Kier alpha value is 0.310. The number of hydrogen-bond acceptors (Lipinski definition) is 1. The van der Waals surface area contributed by atoms with E-state index >= 15 is 0 Å². The first-order valence-electron chi connectivity index (χ1n) is 14.7. The smallest absolute Gasteiger partial charge is 0.118 e. The van der Waals surface area contributed by atoms with Crippen molar-refractivity contribution in [1.82, 2.24) is 0 Å². The van der Waals surface area contributed by atoms with Crippen molar-refractivity contribution in [3.8, 4) is 0 Å². The summed E-state index contributed by atoms with van der Waals surface area (Å²) in [5.74, 6) is 1.60. The molecular formula is C29H55OS+. The van der Waals surface area contributed by atoms with Crippen LogP contribution in [0, 0.1) is 0 Å². The van der Waals surface area contributed by atoms with Gasteiger partial charge in [0, 0.05) is 6.61 Å². The van der Waals surface area contributed by atoms with Gasteiger partial charge in [0.15, 0.2) is 0 Å². The average molecular weight is 452 g/mol. The van der Waals surface area contributed by atoms with E-state index in [9.17, 15) is 0 Å². The molecule has 182 valence electrons. The Labute approximate surface area is 198 Å². The summed E-state index contributed by atoms with van der Waals surface area (Å²) in [5.41, 5.74) is 0. The van der Waals surface area contributed by atoms with Gasteiger partial charge in [0.1, 0.15) is 16.3 Å². The second-order valence-corrected chi connectivity index (χ2v) is 13.7. The molecule has 0 aromatic carbocycles. The minimum absolute atomic E-state index is 0.612. The van der Waals surface area contributed by atoms with Crippen LogP contribution in [0.25, 0.3) is 0 Å².